The normalized spacial score (nSPS) is 36.0. The molecule has 54 valence electrons. The van der Waals surface area contributed by atoms with E-state index in [0.29, 0.717) is 0 Å². The largest absolute Gasteiger partial charge is 0.313 e. The highest BCUT2D eigenvalue weighted by Gasteiger charge is 2.23. The Balaban J connectivity index is 2.30. The van der Waals surface area contributed by atoms with Crippen LogP contribution in [0.3, 0.4) is 0 Å². The van der Waals surface area contributed by atoms with Crippen LogP contribution in [0.1, 0.15) is 20.3 Å². The molecule has 1 rings (SSSR count). The van der Waals surface area contributed by atoms with Gasteiger partial charge in [-0.1, -0.05) is 36.4 Å². The Kier molecular flexibility index (Phi) is 2.76. The van der Waals surface area contributed by atoms with Crippen molar-refractivity contribution in [3.63, 3.8) is 0 Å². The predicted octanol–water partition coefficient (Wildman–Crippen LogP) is 1.81. The van der Waals surface area contributed by atoms with E-state index >= 15 is 0 Å². The maximum absolute atomic E-state index is 3.50. The fourth-order valence-electron chi connectivity index (χ4n) is 1.23. The number of halogens is 1. The second-order valence-corrected chi connectivity index (χ2v) is 4.85. The number of rotatable bonds is 1. The van der Waals surface area contributed by atoms with Crippen molar-refractivity contribution >= 4 is 22.6 Å². The molecule has 1 heterocycles. The highest BCUT2D eigenvalue weighted by atomic mass is 127. The second-order valence-electron chi connectivity index (χ2n) is 3.09. The molecule has 0 aromatic carbocycles. The van der Waals surface area contributed by atoms with Crippen LogP contribution in [0.5, 0.6) is 0 Å². The fraction of sp³-hybridized carbons (Fsp3) is 1.00. The molecule has 2 atom stereocenters. The Morgan fingerprint density at radius 2 is 2.22 bits per heavy atom. The van der Waals surface area contributed by atoms with E-state index in [1.54, 1.807) is 0 Å². The quantitative estimate of drug-likeness (QED) is 0.543. The van der Waals surface area contributed by atoms with Crippen molar-refractivity contribution < 1.29 is 0 Å². The molecular formula is C7H14IN. The van der Waals surface area contributed by atoms with Crippen molar-refractivity contribution in [1.82, 2.24) is 5.32 Å². The van der Waals surface area contributed by atoms with Gasteiger partial charge in [-0.3, -0.25) is 0 Å². The first-order valence-corrected chi connectivity index (χ1v) is 4.82. The van der Waals surface area contributed by atoms with Gasteiger partial charge in [0.1, 0.15) is 0 Å². The summed E-state index contributed by atoms with van der Waals surface area (Å²) in [5.74, 6) is 0.810. The molecule has 1 fully saturated rings. The van der Waals surface area contributed by atoms with E-state index in [2.05, 4.69) is 41.8 Å². The molecular weight excluding hydrogens is 225 g/mol. The molecule has 0 spiro atoms. The van der Waals surface area contributed by atoms with Crippen LogP contribution in [-0.4, -0.2) is 16.5 Å². The van der Waals surface area contributed by atoms with Crippen LogP contribution in [0.25, 0.3) is 0 Å². The molecule has 1 N–H and O–H groups in total. The number of hydrogen-bond donors (Lipinski definition) is 1. The molecule has 1 saturated heterocycles. The maximum atomic E-state index is 3.50. The van der Waals surface area contributed by atoms with Crippen LogP contribution < -0.4 is 5.32 Å². The second kappa shape index (κ2) is 3.19. The van der Waals surface area contributed by atoms with Crippen LogP contribution in [-0.2, 0) is 0 Å². The summed E-state index contributed by atoms with van der Waals surface area (Å²) in [6.07, 6.45) is 1.36. The Bertz CT molecular complexity index is 92.9. The van der Waals surface area contributed by atoms with Crippen LogP contribution in [0.15, 0.2) is 0 Å². The Morgan fingerprint density at radius 1 is 1.56 bits per heavy atom. The minimum atomic E-state index is 0.784. The lowest BCUT2D eigenvalue weighted by molar-refractivity contribution is 0.453. The van der Waals surface area contributed by atoms with Gasteiger partial charge in [0.25, 0.3) is 0 Å². The van der Waals surface area contributed by atoms with E-state index < -0.39 is 0 Å². The zero-order valence-corrected chi connectivity index (χ0v) is 8.18. The Hall–Kier alpha value is 0.690. The monoisotopic (exact) mass is 239 g/mol. The average molecular weight is 239 g/mol. The van der Waals surface area contributed by atoms with Gasteiger partial charge < -0.3 is 5.32 Å². The van der Waals surface area contributed by atoms with Gasteiger partial charge >= 0.3 is 0 Å². The van der Waals surface area contributed by atoms with E-state index in [-0.39, 0.29) is 0 Å². The van der Waals surface area contributed by atoms with Crippen molar-refractivity contribution in [3.05, 3.63) is 0 Å². The first-order chi connectivity index (χ1) is 4.20. The molecule has 0 saturated carbocycles. The zero-order valence-electron chi connectivity index (χ0n) is 6.02. The SMILES string of the molecule is CC(C)C1CC(I)CN1. The van der Waals surface area contributed by atoms with Crippen molar-refractivity contribution in [1.29, 1.82) is 0 Å². The minimum absolute atomic E-state index is 0.784. The third-order valence-corrected chi connectivity index (χ3v) is 2.86. The van der Waals surface area contributed by atoms with E-state index in [1.165, 1.54) is 13.0 Å². The number of nitrogens with one attached hydrogen (secondary N) is 1. The van der Waals surface area contributed by atoms with Crippen molar-refractivity contribution in [2.75, 3.05) is 6.54 Å². The average Bonchev–Trinajstić information content (AvgIpc) is 2.14. The van der Waals surface area contributed by atoms with Gasteiger partial charge in [-0.25, -0.2) is 0 Å². The first kappa shape index (κ1) is 7.79. The summed E-state index contributed by atoms with van der Waals surface area (Å²) in [7, 11) is 0. The lowest BCUT2D eigenvalue weighted by Crippen LogP contribution is -2.26. The minimum Gasteiger partial charge on any atom is -0.313 e. The molecule has 2 unspecified atom stereocenters. The summed E-state index contributed by atoms with van der Waals surface area (Å²) >= 11 is 2.52. The Labute approximate surface area is 70.7 Å². The molecule has 0 aromatic rings. The molecule has 0 radical (unpaired) electrons. The summed E-state index contributed by atoms with van der Waals surface area (Å²) in [6.45, 7) is 5.78. The smallest absolute Gasteiger partial charge is 0.0249 e. The predicted molar refractivity (Wildman–Crippen MR) is 49.1 cm³/mol. The van der Waals surface area contributed by atoms with Crippen LogP contribution >= 0.6 is 22.6 Å². The molecule has 0 amide bonds. The molecule has 2 heteroatoms. The molecule has 1 nitrogen and oxygen atoms in total. The number of alkyl halides is 1. The van der Waals surface area contributed by atoms with Gasteiger partial charge in [0.2, 0.25) is 0 Å². The van der Waals surface area contributed by atoms with Gasteiger partial charge in [0.15, 0.2) is 0 Å². The van der Waals surface area contributed by atoms with Gasteiger partial charge in [0.05, 0.1) is 0 Å². The van der Waals surface area contributed by atoms with E-state index in [9.17, 15) is 0 Å². The van der Waals surface area contributed by atoms with Crippen molar-refractivity contribution in [2.45, 2.75) is 30.2 Å². The van der Waals surface area contributed by atoms with Crippen LogP contribution in [0.2, 0.25) is 0 Å². The highest BCUT2D eigenvalue weighted by Crippen LogP contribution is 2.19. The summed E-state index contributed by atoms with van der Waals surface area (Å²) < 4.78 is 0.870. The molecule has 0 aromatic heterocycles. The van der Waals surface area contributed by atoms with Crippen molar-refractivity contribution in [3.8, 4) is 0 Å². The molecule has 0 aliphatic carbocycles. The van der Waals surface area contributed by atoms with E-state index in [1.807, 2.05) is 0 Å². The summed E-state index contributed by atoms with van der Waals surface area (Å²) in [6, 6.07) is 0.784. The number of hydrogen-bond acceptors (Lipinski definition) is 1. The van der Waals surface area contributed by atoms with Crippen molar-refractivity contribution in [2.24, 2.45) is 5.92 Å². The van der Waals surface area contributed by atoms with Gasteiger partial charge in [-0.2, -0.15) is 0 Å². The standard InChI is InChI=1S/C7H14IN/c1-5(2)7-3-6(8)4-9-7/h5-7,9H,3-4H2,1-2H3. The van der Waals surface area contributed by atoms with Crippen LogP contribution in [0.4, 0.5) is 0 Å². The summed E-state index contributed by atoms with van der Waals surface area (Å²) in [5, 5.41) is 3.50. The van der Waals surface area contributed by atoms with Gasteiger partial charge in [-0.05, 0) is 12.3 Å². The third-order valence-electron chi connectivity index (χ3n) is 1.92. The third kappa shape index (κ3) is 2.08. The molecule has 9 heavy (non-hydrogen) atoms. The summed E-state index contributed by atoms with van der Waals surface area (Å²) in [4.78, 5) is 0. The topological polar surface area (TPSA) is 12.0 Å². The highest BCUT2D eigenvalue weighted by molar-refractivity contribution is 14.1. The first-order valence-electron chi connectivity index (χ1n) is 3.57. The fourth-order valence-corrected chi connectivity index (χ4v) is 2.03. The maximum Gasteiger partial charge on any atom is 0.0249 e. The Morgan fingerprint density at radius 3 is 2.44 bits per heavy atom. The summed E-state index contributed by atoms with van der Waals surface area (Å²) in [5.41, 5.74) is 0. The lowest BCUT2D eigenvalue weighted by Gasteiger charge is -2.13. The van der Waals surface area contributed by atoms with E-state index in [0.717, 1.165) is 15.9 Å². The molecule has 1 aliphatic rings. The van der Waals surface area contributed by atoms with E-state index in [4.69, 9.17) is 0 Å². The van der Waals surface area contributed by atoms with Gasteiger partial charge in [0, 0.05) is 16.5 Å². The van der Waals surface area contributed by atoms with Gasteiger partial charge in [-0.15, -0.1) is 0 Å². The zero-order chi connectivity index (χ0) is 6.85. The lowest BCUT2D eigenvalue weighted by atomic mass is 10.0. The molecule has 1 aliphatic heterocycles. The van der Waals surface area contributed by atoms with Crippen LogP contribution in [0, 0.1) is 5.92 Å². The molecule has 0 bridgehead atoms.